The van der Waals surface area contributed by atoms with Gasteiger partial charge in [-0.05, 0) is 35.9 Å². The van der Waals surface area contributed by atoms with Gasteiger partial charge in [0.1, 0.15) is 10.8 Å². The first-order valence-electron chi connectivity index (χ1n) is 7.98. The topological polar surface area (TPSA) is 12.9 Å². The van der Waals surface area contributed by atoms with Crippen LogP contribution in [0.4, 0.5) is 4.39 Å². The first kappa shape index (κ1) is 18.5. The van der Waals surface area contributed by atoms with E-state index in [0.29, 0.717) is 15.1 Å². The molecule has 134 valence electrons. The SMILES string of the molecule is Fc1ccc(-c2ccc(-c3nc(-c4ccc(Cl)c(Cl)c4)cs3)cc2)c(Cl)c1. The maximum Gasteiger partial charge on any atom is 0.124 e. The summed E-state index contributed by atoms with van der Waals surface area (Å²) in [6.45, 7) is 0. The molecular weight excluding hydrogens is 424 g/mol. The van der Waals surface area contributed by atoms with Crippen molar-refractivity contribution in [2.24, 2.45) is 0 Å². The second kappa shape index (κ2) is 7.61. The monoisotopic (exact) mass is 433 g/mol. The Balaban J connectivity index is 1.63. The predicted molar refractivity (Wildman–Crippen MR) is 113 cm³/mol. The summed E-state index contributed by atoms with van der Waals surface area (Å²) in [4.78, 5) is 4.69. The first-order chi connectivity index (χ1) is 13.0. The Kier molecular flexibility index (Phi) is 5.20. The minimum Gasteiger partial charge on any atom is -0.236 e. The molecule has 0 bridgehead atoms. The van der Waals surface area contributed by atoms with Crippen molar-refractivity contribution in [3.05, 3.63) is 86.9 Å². The van der Waals surface area contributed by atoms with E-state index in [0.717, 1.165) is 33.0 Å². The van der Waals surface area contributed by atoms with Crippen molar-refractivity contribution in [2.75, 3.05) is 0 Å². The molecule has 0 saturated heterocycles. The Morgan fingerprint density at radius 1 is 0.704 bits per heavy atom. The molecule has 0 aliphatic rings. The maximum absolute atomic E-state index is 13.2. The number of thiazole rings is 1. The molecule has 0 amide bonds. The van der Waals surface area contributed by atoms with Crippen LogP contribution in [-0.4, -0.2) is 4.98 Å². The van der Waals surface area contributed by atoms with E-state index >= 15 is 0 Å². The van der Waals surface area contributed by atoms with E-state index < -0.39 is 0 Å². The molecule has 0 atom stereocenters. The molecule has 0 fully saturated rings. The fraction of sp³-hybridized carbons (Fsp3) is 0. The zero-order chi connectivity index (χ0) is 19.0. The predicted octanol–water partition coefficient (Wildman–Crippen LogP) is 8.24. The molecule has 27 heavy (non-hydrogen) atoms. The fourth-order valence-electron chi connectivity index (χ4n) is 2.71. The second-order valence-electron chi connectivity index (χ2n) is 5.87. The molecule has 0 saturated carbocycles. The summed E-state index contributed by atoms with van der Waals surface area (Å²) >= 11 is 19.8. The van der Waals surface area contributed by atoms with Crippen molar-refractivity contribution in [3.8, 4) is 33.0 Å². The van der Waals surface area contributed by atoms with Crippen LogP contribution in [0.15, 0.2) is 66.0 Å². The van der Waals surface area contributed by atoms with E-state index in [9.17, 15) is 4.39 Å². The highest BCUT2D eigenvalue weighted by atomic mass is 35.5. The van der Waals surface area contributed by atoms with Crippen LogP contribution in [0.25, 0.3) is 33.0 Å². The summed E-state index contributed by atoms with van der Waals surface area (Å²) in [5, 5.41) is 4.29. The molecule has 1 aromatic heterocycles. The van der Waals surface area contributed by atoms with Crippen LogP contribution in [0.1, 0.15) is 0 Å². The molecule has 0 spiro atoms. The summed E-state index contributed by atoms with van der Waals surface area (Å²) < 4.78 is 13.2. The summed E-state index contributed by atoms with van der Waals surface area (Å²) in [6, 6.07) is 17.7. The van der Waals surface area contributed by atoms with E-state index in [-0.39, 0.29) is 5.82 Å². The molecule has 1 heterocycles. The summed E-state index contributed by atoms with van der Waals surface area (Å²) in [7, 11) is 0. The fourth-order valence-corrected chi connectivity index (χ4v) is 4.12. The molecule has 0 radical (unpaired) electrons. The van der Waals surface area contributed by atoms with E-state index in [4.69, 9.17) is 39.8 Å². The van der Waals surface area contributed by atoms with Gasteiger partial charge in [-0.3, -0.25) is 0 Å². The second-order valence-corrected chi connectivity index (χ2v) is 7.95. The van der Waals surface area contributed by atoms with Gasteiger partial charge in [0.15, 0.2) is 0 Å². The maximum atomic E-state index is 13.2. The zero-order valence-electron chi connectivity index (χ0n) is 13.7. The van der Waals surface area contributed by atoms with Gasteiger partial charge < -0.3 is 0 Å². The van der Waals surface area contributed by atoms with E-state index in [1.807, 2.05) is 41.8 Å². The minimum atomic E-state index is -0.349. The van der Waals surface area contributed by atoms with Crippen molar-refractivity contribution in [1.29, 1.82) is 0 Å². The normalized spacial score (nSPS) is 11.0. The van der Waals surface area contributed by atoms with Gasteiger partial charge in [-0.25, -0.2) is 9.37 Å². The zero-order valence-corrected chi connectivity index (χ0v) is 16.8. The molecule has 0 aliphatic heterocycles. The van der Waals surface area contributed by atoms with Crippen molar-refractivity contribution < 1.29 is 4.39 Å². The molecule has 3 aromatic carbocycles. The highest BCUT2D eigenvalue weighted by Gasteiger charge is 2.10. The average molecular weight is 435 g/mol. The van der Waals surface area contributed by atoms with Crippen LogP contribution in [0, 0.1) is 5.82 Å². The summed E-state index contributed by atoms with van der Waals surface area (Å²) in [5.41, 5.74) is 4.47. The van der Waals surface area contributed by atoms with Crippen molar-refractivity contribution in [1.82, 2.24) is 4.98 Å². The summed E-state index contributed by atoms with van der Waals surface area (Å²) in [6.07, 6.45) is 0. The number of rotatable bonds is 3. The molecular formula is C21H11Cl3FNS. The van der Waals surface area contributed by atoms with Crippen molar-refractivity contribution >= 4 is 46.1 Å². The Hall–Kier alpha value is -1.91. The lowest BCUT2D eigenvalue weighted by atomic mass is 10.0. The van der Waals surface area contributed by atoms with Gasteiger partial charge in [-0.1, -0.05) is 65.1 Å². The number of benzene rings is 3. The van der Waals surface area contributed by atoms with E-state index in [2.05, 4.69) is 0 Å². The molecule has 1 nitrogen and oxygen atoms in total. The molecule has 4 aromatic rings. The highest BCUT2D eigenvalue weighted by molar-refractivity contribution is 7.13. The summed E-state index contributed by atoms with van der Waals surface area (Å²) in [5.74, 6) is -0.349. The Morgan fingerprint density at radius 3 is 2.11 bits per heavy atom. The smallest absolute Gasteiger partial charge is 0.124 e. The molecule has 0 aliphatic carbocycles. The van der Waals surface area contributed by atoms with Gasteiger partial charge in [-0.15, -0.1) is 11.3 Å². The number of aromatic nitrogens is 1. The highest BCUT2D eigenvalue weighted by Crippen LogP contribution is 2.34. The van der Waals surface area contributed by atoms with Crippen LogP contribution in [0.3, 0.4) is 0 Å². The Labute approximate surface area is 175 Å². The average Bonchev–Trinajstić information content (AvgIpc) is 3.14. The van der Waals surface area contributed by atoms with Gasteiger partial charge in [-0.2, -0.15) is 0 Å². The first-order valence-corrected chi connectivity index (χ1v) is 9.99. The largest absolute Gasteiger partial charge is 0.236 e. The third kappa shape index (κ3) is 3.87. The third-order valence-electron chi connectivity index (χ3n) is 4.09. The number of hydrogen-bond acceptors (Lipinski definition) is 2. The molecule has 4 rings (SSSR count). The van der Waals surface area contributed by atoms with E-state index in [1.165, 1.54) is 12.1 Å². The lowest BCUT2D eigenvalue weighted by Gasteiger charge is -2.05. The minimum absolute atomic E-state index is 0.349. The Morgan fingerprint density at radius 2 is 1.41 bits per heavy atom. The lowest BCUT2D eigenvalue weighted by molar-refractivity contribution is 0.628. The van der Waals surface area contributed by atoms with Gasteiger partial charge in [0.05, 0.1) is 20.8 Å². The number of nitrogens with zero attached hydrogens (tertiary/aromatic N) is 1. The van der Waals surface area contributed by atoms with Gasteiger partial charge >= 0.3 is 0 Å². The standard InChI is InChI=1S/C21H11Cl3FNS/c22-17-8-5-14(9-19(17)24)20-11-27-21(26-20)13-3-1-12(2-4-13)16-7-6-15(25)10-18(16)23/h1-11H. The molecule has 0 unspecified atom stereocenters. The molecule has 0 N–H and O–H groups in total. The van der Waals surface area contributed by atoms with E-state index in [1.54, 1.807) is 23.5 Å². The van der Waals surface area contributed by atoms with Crippen LogP contribution in [-0.2, 0) is 0 Å². The van der Waals surface area contributed by atoms with Crippen molar-refractivity contribution in [3.63, 3.8) is 0 Å². The van der Waals surface area contributed by atoms with Gasteiger partial charge in [0, 0.05) is 22.1 Å². The number of hydrogen-bond donors (Lipinski definition) is 0. The third-order valence-corrected chi connectivity index (χ3v) is 6.04. The van der Waals surface area contributed by atoms with Crippen LogP contribution in [0.2, 0.25) is 15.1 Å². The molecule has 6 heteroatoms. The van der Waals surface area contributed by atoms with Crippen LogP contribution < -0.4 is 0 Å². The van der Waals surface area contributed by atoms with Crippen LogP contribution in [0.5, 0.6) is 0 Å². The lowest BCUT2D eigenvalue weighted by Crippen LogP contribution is -1.83. The van der Waals surface area contributed by atoms with Crippen LogP contribution >= 0.6 is 46.1 Å². The van der Waals surface area contributed by atoms with Gasteiger partial charge in [0.25, 0.3) is 0 Å². The van der Waals surface area contributed by atoms with Crippen molar-refractivity contribution in [2.45, 2.75) is 0 Å². The quantitative estimate of drug-likeness (QED) is 0.316. The Bertz CT molecular complexity index is 1120. The van der Waals surface area contributed by atoms with Gasteiger partial charge in [0.2, 0.25) is 0 Å². The number of halogens is 4.